The van der Waals surface area contributed by atoms with E-state index in [0.717, 1.165) is 36.9 Å². The fraction of sp³-hybridized carbons (Fsp3) is 0.400. The molecule has 0 spiro atoms. The normalized spacial score (nSPS) is 18.4. The number of nitrogens with zero attached hydrogens (tertiary/aromatic N) is 6. The van der Waals surface area contributed by atoms with Gasteiger partial charge in [-0.1, -0.05) is 19.3 Å². The van der Waals surface area contributed by atoms with Crippen LogP contribution in [0.1, 0.15) is 44.1 Å². The molecule has 4 aromatic rings. The Kier molecular flexibility index (Phi) is 6.44. The van der Waals surface area contributed by atoms with Gasteiger partial charge in [-0.25, -0.2) is 14.5 Å². The largest absolute Gasteiger partial charge is 0.393 e. The highest BCUT2D eigenvalue weighted by atomic mass is 16.3. The van der Waals surface area contributed by atoms with Crippen molar-refractivity contribution in [3.8, 4) is 17.3 Å². The van der Waals surface area contributed by atoms with Crippen LogP contribution in [0, 0.1) is 11.3 Å². The van der Waals surface area contributed by atoms with Crippen molar-refractivity contribution >= 4 is 22.5 Å². The van der Waals surface area contributed by atoms with Crippen LogP contribution in [0.25, 0.3) is 27.9 Å². The summed E-state index contributed by atoms with van der Waals surface area (Å²) in [5, 5.41) is 22.4. The van der Waals surface area contributed by atoms with Crippen LogP contribution in [-0.2, 0) is 0 Å². The number of hydrogen-bond acceptors (Lipinski definition) is 8. The molecular weight excluding hydrogens is 444 g/mol. The second-order valence-electron chi connectivity index (χ2n) is 9.16. The molecule has 35 heavy (non-hydrogen) atoms. The summed E-state index contributed by atoms with van der Waals surface area (Å²) >= 11 is 0. The number of H-pyrrole nitrogens is 1. The van der Waals surface area contributed by atoms with E-state index in [1.807, 2.05) is 17.0 Å². The lowest BCUT2D eigenvalue weighted by molar-refractivity contribution is 0.130. The van der Waals surface area contributed by atoms with Crippen LogP contribution < -0.4 is 16.2 Å². The highest BCUT2D eigenvalue weighted by molar-refractivity contribution is 5.82. The minimum absolute atomic E-state index is 0.0359. The maximum atomic E-state index is 12.5. The number of hydrogen-bond donors (Lipinski definition) is 3. The van der Waals surface area contributed by atoms with Gasteiger partial charge in [-0.2, -0.15) is 10.4 Å². The fourth-order valence-corrected chi connectivity index (χ4v) is 4.63. The quantitative estimate of drug-likeness (QED) is 0.402. The van der Waals surface area contributed by atoms with Gasteiger partial charge in [0.05, 0.1) is 35.1 Å². The minimum atomic E-state index is -0.280. The lowest BCUT2D eigenvalue weighted by atomic mass is 9.98. The van der Waals surface area contributed by atoms with Crippen molar-refractivity contribution < 1.29 is 5.11 Å². The zero-order valence-corrected chi connectivity index (χ0v) is 19.4. The molecule has 4 aromatic heterocycles. The monoisotopic (exact) mass is 472 g/mol. The minimum Gasteiger partial charge on any atom is -0.393 e. The molecule has 1 saturated carbocycles. The van der Waals surface area contributed by atoms with E-state index in [1.165, 1.54) is 19.3 Å². The molecule has 0 amide bonds. The summed E-state index contributed by atoms with van der Waals surface area (Å²) in [6.45, 7) is 1.34. The van der Waals surface area contributed by atoms with E-state index in [2.05, 4.69) is 26.1 Å². The first-order valence-electron chi connectivity index (χ1n) is 12.0. The van der Waals surface area contributed by atoms with Crippen molar-refractivity contribution in [1.82, 2.24) is 24.6 Å². The predicted molar refractivity (Wildman–Crippen MR) is 133 cm³/mol. The van der Waals surface area contributed by atoms with E-state index >= 15 is 0 Å². The third kappa shape index (κ3) is 4.87. The van der Waals surface area contributed by atoms with Gasteiger partial charge in [0.2, 0.25) is 0 Å². The summed E-state index contributed by atoms with van der Waals surface area (Å²) in [4.78, 5) is 26.3. The highest BCUT2D eigenvalue weighted by Crippen LogP contribution is 2.25. The maximum Gasteiger partial charge on any atom is 0.292 e. The summed E-state index contributed by atoms with van der Waals surface area (Å²) in [7, 11) is 0. The number of nitriles is 1. The molecule has 1 saturated heterocycles. The van der Waals surface area contributed by atoms with E-state index in [-0.39, 0.29) is 17.7 Å². The third-order valence-electron chi connectivity index (χ3n) is 6.56. The Bertz CT molecular complexity index is 1450. The second-order valence-corrected chi connectivity index (χ2v) is 9.16. The first-order chi connectivity index (χ1) is 17.0. The zero-order chi connectivity index (χ0) is 24.4. The number of aliphatic hydroxyl groups is 1. The molecule has 6 rings (SSSR count). The van der Waals surface area contributed by atoms with Crippen LogP contribution in [0.4, 0.5) is 5.82 Å². The number of anilines is 1. The number of rotatable bonds is 2. The molecule has 0 bridgehead atoms. The molecule has 0 aromatic carbocycles. The molecule has 5 heterocycles. The van der Waals surface area contributed by atoms with Gasteiger partial charge in [0, 0.05) is 30.9 Å². The van der Waals surface area contributed by atoms with Crippen LogP contribution in [0.15, 0.2) is 41.5 Å². The molecule has 10 nitrogen and oxygen atoms in total. The Morgan fingerprint density at radius 1 is 1.14 bits per heavy atom. The van der Waals surface area contributed by atoms with Gasteiger partial charge >= 0.3 is 0 Å². The van der Waals surface area contributed by atoms with E-state index in [0.29, 0.717) is 34.8 Å². The Labute approximate surface area is 202 Å². The molecule has 2 fully saturated rings. The van der Waals surface area contributed by atoms with E-state index in [9.17, 15) is 4.79 Å². The molecule has 1 unspecified atom stereocenters. The number of nitrogens with two attached hydrogens (primary N) is 1. The van der Waals surface area contributed by atoms with Crippen LogP contribution >= 0.6 is 0 Å². The smallest absolute Gasteiger partial charge is 0.292 e. The van der Waals surface area contributed by atoms with E-state index in [1.54, 1.807) is 29.0 Å². The summed E-state index contributed by atoms with van der Waals surface area (Å²) in [6, 6.07) is 9.31. The van der Waals surface area contributed by atoms with Crippen LogP contribution in [0.2, 0.25) is 0 Å². The molecule has 2 aliphatic rings. The van der Waals surface area contributed by atoms with Crippen molar-refractivity contribution in [2.75, 3.05) is 18.0 Å². The molecule has 0 radical (unpaired) electrons. The number of nitrogens with one attached hydrogen (secondary N) is 1. The first-order valence-corrected chi connectivity index (χ1v) is 12.0. The molecular formula is C25H28N8O2. The lowest BCUT2D eigenvalue weighted by Gasteiger charge is -2.15. The fourth-order valence-electron chi connectivity index (χ4n) is 4.63. The number of aliphatic hydroxyl groups excluding tert-OH is 1. The Morgan fingerprint density at radius 3 is 2.66 bits per heavy atom. The van der Waals surface area contributed by atoms with Crippen LogP contribution in [0.5, 0.6) is 0 Å². The molecule has 180 valence electrons. The number of fused-ring (bicyclic) bond motifs is 2. The molecule has 1 aliphatic carbocycles. The number of aromatic nitrogens is 5. The third-order valence-corrected chi connectivity index (χ3v) is 6.56. The van der Waals surface area contributed by atoms with E-state index < -0.39 is 0 Å². The highest BCUT2D eigenvalue weighted by Gasteiger charge is 2.23. The number of aromatic amines is 1. The predicted octanol–water partition coefficient (Wildman–Crippen LogP) is 2.35. The molecule has 1 atom stereocenters. The summed E-state index contributed by atoms with van der Waals surface area (Å²) in [6.07, 6.45) is 10.2. The van der Waals surface area contributed by atoms with Crippen molar-refractivity contribution in [2.45, 2.75) is 50.7 Å². The topological polar surface area (TPSA) is 149 Å². The summed E-state index contributed by atoms with van der Waals surface area (Å²) in [5.41, 5.74) is 9.40. The molecule has 1 aliphatic heterocycles. The average Bonchev–Trinajstić information content (AvgIpc) is 3.50. The van der Waals surface area contributed by atoms with Crippen molar-refractivity contribution in [3.63, 3.8) is 0 Å². The maximum absolute atomic E-state index is 12.5. The van der Waals surface area contributed by atoms with Gasteiger partial charge in [0.25, 0.3) is 5.56 Å². The van der Waals surface area contributed by atoms with E-state index in [4.69, 9.17) is 16.1 Å². The van der Waals surface area contributed by atoms with Gasteiger partial charge < -0.3 is 20.7 Å². The standard InChI is InChI=1S/C19H16N8O.C6H12O/c20-8-11-3-6-27-16(7-11)13(9-22-27)14-1-2-15-17(23-14)25-19(28)18(24-15)26-5-4-12(21)10-26;7-6-4-2-1-3-5-6/h1-3,6-7,9,12H,4-5,10,21H2,(H,23,25,28);6-7H,1-5H2. The van der Waals surface area contributed by atoms with Crippen LogP contribution in [0.3, 0.4) is 0 Å². The second kappa shape index (κ2) is 9.82. The van der Waals surface area contributed by atoms with Gasteiger partial charge in [-0.3, -0.25) is 4.79 Å². The van der Waals surface area contributed by atoms with Crippen molar-refractivity contribution in [3.05, 3.63) is 52.6 Å². The average molecular weight is 473 g/mol. The summed E-state index contributed by atoms with van der Waals surface area (Å²) < 4.78 is 1.68. The Morgan fingerprint density at radius 2 is 1.97 bits per heavy atom. The van der Waals surface area contributed by atoms with Crippen molar-refractivity contribution in [2.24, 2.45) is 5.73 Å². The lowest BCUT2D eigenvalue weighted by Crippen LogP contribution is -2.31. The Balaban J connectivity index is 0.000000313. The SMILES string of the molecule is N#Cc1ccn2ncc(-c3ccc4nc(N5CCC(N)C5)c(=O)[nH]c4n3)c2c1.OC1CCCCC1. The summed E-state index contributed by atoms with van der Waals surface area (Å²) in [5.74, 6) is 0.379. The van der Waals surface area contributed by atoms with Crippen LogP contribution in [-0.4, -0.2) is 54.9 Å². The van der Waals surface area contributed by atoms with Gasteiger partial charge in [0.15, 0.2) is 11.5 Å². The first kappa shape index (κ1) is 23.0. The molecule has 10 heteroatoms. The Hall–Kier alpha value is -3.81. The van der Waals surface area contributed by atoms with Gasteiger partial charge in [-0.15, -0.1) is 0 Å². The molecule has 4 N–H and O–H groups in total. The van der Waals surface area contributed by atoms with Gasteiger partial charge in [0.1, 0.15) is 5.52 Å². The zero-order valence-electron chi connectivity index (χ0n) is 19.4. The van der Waals surface area contributed by atoms with Gasteiger partial charge in [-0.05, 0) is 43.5 Å². The number of pyridine rings is 2. The van der Waals surface area contributed by atoms with Crippen molar-refractivity contribution in [1.29, 1.82) is 5.26 Å².